The Labute approximate surface area is 188 Å². The first-order chi connectivity index (χ1) is 14.8. The van der Waals surface area contributed by atoms with Gasteiger partial charge in [0.25, 0.3) is 5.56 Å². The Morgan fingerprint density at radius 1 is 1.26 bits per heavy atom. The van der Waals surface area contributed by atoms with Crippen molar-refractivity contribution in [3.63, 3.8) is 0 Å². The summed E-state index contributed by atoms with van der Waals surface area (Å²) in [6.07, 6.45) is 2.38. The number of nitrogens with two attached hydrogens (primary N) is 1. The summed E-state index contributed by atoms with van der Waals surface area (Å²) in [6, 6.07) is 8.06. The van der Waals surface area contributed by atoms with Crippen molar-refractivity contribution in [2.45, 2.75) is 42.8 Å². The highest BCUT2D eigenvalue weighted by Gasteiger charge is 2.14. The van der Waals surface area contributed by atoms with E-state index in [1.807, 2.05) is 11.4 Å². The van der Waals surface area contributed by atoms with Crippen LogP contribution in [0, 0.1) is 0 Å². The summed E-state index contributed by atoms with van der Waals surface area (Å²) in [5.74, 6) is -0.00803. The number of aromatic nitrogens is 2. The van der Waals surface area contributed by atoms with Crippen LogP contribution in [0.2, 0.25) is 0 Å². The second-order valence-corrected chi connectivity index (χ2v) is 10.3. The van der Waals surface area contributed by atoms with Crippen LogP contribution >= 0.6 is 23.1 Å². The third-order valence-corrected chi connectivity index (χ3v) is 7.38. The van der Waals surface area contributed by atoms with E-state index >= 15 is 0 Å². The molecule has 166 valence electrons. The molecule has 0 unspecified atom stereocenters. The third kappa shape index (κ3) is 6.16. The number of nitrogens with one attached hydrogen (secondary N) is 1. The summed E-state index contributed by atoms with van der Waals surface area (Å²) in [5, 5.41) is 10.3. The highest BCUT2D eigenvalue weighted by Crippen LogP contribution is 2.21. The molecule has 0 radical (unpaired) electrons. The normalized spacial score (nSPS) is 11.7. The minimum atomic E-state index is -3.71. The minimum absolute atomic E-state index is 0.0562. The largest absolute Gasteiger partial charge is 0.355 e. The van der Waals surface area contributed by atoms with Gasteiger partial charge in [0.1, 0.15) is 4.70 Å². The number of carbonyl (C=O) groups is 1. The second-order valence-electron chi connectivity index (χ2n) is 6.92. The van der Waals surface area contributed by atoms with Crippen molar-refractivity contribution in [1.29, 1.82) is 0 Å². The predicted molar refractivity (Wildman–Crippen MR) is 124 cm³/mol. The first-order valence-corrected chi connectivity index (χ1v) is 13.2. The van der Waals surface area contributed by atoms with Gasteiger partial charge in [-0.25, -0.2) is 18.5 Å². The number of thiophene rings is 1. The van der Waals surface area contributed by atoms with Crippen molar-refractivity contribution in [3.8, 4) is 0 Å². The highest BCUT2D eigenvalue weighted by molar-refractivity contribution is 7.99. The second kappa shape index (κ2) is 10.4. The van der Waals surface area contributed by atoms with E-state index in [0.717, 1.165) is 18.4 Å². The highest BCUT2D eigenvalue weighted by atomic mass is 32.2. The zero-order chi connectivity index (χ0) is 22.4. The Bertz CT molecular complexity index is 1220. The standard InChI is InChI=1S/C20H24N4O4S3/c1-2-3-11-24-19(26)18-16(9-12-29-18)23-20(24)30-13-17(25)22-10-8-14-4-6-15(7-5-14)31(21,27)28/h4-7,9,12H,2-3,8,10-11,13H2,1H3,(H,22,25)(H2,21,27,28). The lowest BCUT2D eigenvalue weighted by Crippen LogP contribution is -2.28. The molecule has 3 N–H and O–H groups in total. The molecule has 0 aliphatic carbocycles. The molecule has 11 heteroatoms. The Morgan fingerprint density at radius 2 is 2.00 bits per heavy atom. The Kier molecular flexibility index (Phi) is 7.87. The zero-order valence-corrected chi connectivity index (χ0v) is 19.5. The van der Waals surface area contributed by atoms with E-state index in [2.05, 4.69) is 17.2 Å². The number of thioether (sulfide) groups is 1. The number of primary sulfonamides is 1. The van der Waals surface area contributed by atoms with Crippen molar-refractivity contribution in [1.82, 2.24) is 14.9 Å². The van der Waals surface area contributed by atoms with Gasteiger partial charge in [-0.2, -0.15) is 0 Å². The number of sulfonamides is 1. The molecular formula is C20H24N4O4S3. The molecule has 0 fully saturated rings. The average molecular weight is 481 g/mol. The lowest BCUT2D eigenvalue weighted by atomic mass is 10.1. The van der Waals surface area contributed by atoms with Crippen molar-refractivity contribution in [2.75, 3.05) is 12.3 Å². The molecule has 0 aliphatic rings. The van der Waals surface area contributed by atoms with Gasteiger partial charge in [-0.3, -0.25) is 14.2 Å². The maximum absolute atomic E-state index is 12.7. The predicted octanol–water partition coefficient (Wildman–Crippen LogP) is 2.36. The molecule has 0 spiro atoms. The van der Waals surface area contributed by atoms with Gasteiger partial charge in [0, 0.05) is 13.1 Å². The number of nitrogens with zero attached hydrogens (tertiary/aromatic N) is 2. The van der Waals surface area contributed by atoms with Crippen LogP contribution in [0.4, 0.5) is 0 Å². The minimum Gasteiger partial charge on any atom is -0.355 e. The summed E-state index contributed by atoms with van der Waals surface area (Å²) < 4.78 is 24.9. The van der Waals surface area contributed by atoms with Crippen LogP contribution < -0.4 is 16.0 Å². The molecule has 8 nitrogen and oxygen atoms in total. The Morgan fingerprint density at radius 3 is 2.68 bits per heavy atom. The van der Waals surface area contributed by atoms with E-state index in [1.54, 1.807) is 16.7 Å². The van der Waals surface area contributed by atoms with Gasteiger partial charge in [-0.05, 0) is 42.0 Å². The maximum Gasteiger partial charge on any atom is 0.272 e. The number of hydrogen-bond donors (Lipinski definition) is 2. The molecule has 1 aromatic carbocycles. The van der Waals surface area contributed by atoms with Crippen molar-refractivity contribution in [3.05, 3.63) is 51.6 Å². The van der Waals surface area contributed by atoms with Crippen LogP contribution in [-0.4, -0.2) is 36.2 Å². The summed E-state index contributed by atoms with van der Waals surface area (Å²) in [6.45, 7) is 3.05. The van der Waals surface area contributed by atoms with Crippen LogP contribution in [0.5, 0.6) is 0 Å². The van der Waals surface area contributed by atoms with Crippen molar-refractivity contribution in [2.24, 2.45) is 5.14 Å². The van der Waals surface area contributed by atoms with E-state index in [9.17, 15) is 18.0 Å². The molecule has 0 atom stereocenters. The fourth-order valence-electron chi connectivity index (χ4n) is 2.92. The molecule has 2 aromatic heterocycles. The number of hydrogen-bond acceptors (Lipinski definition) is 7. The first kappa shape index (κ1) is 23.5. The van der Waals surface area contributed by atoms with Crippen LogP contribution in [0.3, 0.4) is 0 Å². The van der Waals surface area contributed by atoms with Gasteiger partial charge in [0.05, 0.1) is 16.2 Å². The summed E-state index contributed by atoms with van der Waals surface area (Å²) >= 11 is 2.63. The molecule has 0 saturated heterocycles. The molecule has 2 heterocycles. The van der Waals surface area contributed by atoms with Crippen LogP contribution in [0.25, 0.3) is 10.2 Å². The number of rotatable bonds is 10. The lowest BCUT2D eigenvalue weighted by molar-refractivity contribution is -0.118. The van der Waals surface area contributed by atoms with Crippen LogP contribution in [0.1, 0.15) is 25.3 Å². The molecule has 1 amide bonds. The topological polar surface area (TPSA) is 124 Å². The van der Waals surface area contributed by atoms with Gasteiger partial charge in [-0.1, -0.05) is 37.2 Å². The third-order valence-electron chi connectivity index (χ3n) is 4.59. The fourth-order valence-corrected chi connectivity index (χ4v) is 5.07. The van der Waals surface area contributed by atoms with E-state index in [1.165, 1.54) is 35.2 Å². The smallest absolute Gasteiger partial charge is 0.272 e. The fraction of sp³-hybridized carbons (Fsp3) is 0.350. The number of unbranched alkanes of at least 4 members (excludes halogenated alkanes) is 1. The van der Waals surface area contributed by atoms with Crippen LogP contribution in [0.15, 0.2) is 50.6 Å². The van der Waals surface area contributed by atoms with Gasteiger partial charge in [0.2, 0.25) is 15.9 Å². The van der Waals surface area contributed by atoms with E-state index < -0.39 is 10.0 Å². The number of fused-ring (bicyclic) bond motifs is 1. The quantitative estimate of drug-likeness (QED) is 0.339. The number of carbonyl (C=O) groups excluding carboxylic acids is 1. The molecule has 0 saturated carbocycles. The molecule has 3 aromatic rings. The summed E-state index contributed by atoms with van der Waals surface area (Å²) in [4.78, 5) is 29.7. The first-order valence-electron chi connectivity index (χ1n) is 9.79. The monoisotopic (exact) mass is 480 g/mol. The maximum atomic E-state index is 12.7. The lowest BCUT2D eigenvalue weighted by Gasteiger charge is -2.11. The van der Waals surface area contributed by atoms with Gasteiger partial charge >= 0.3 is 0 Å². The van der Waals surface area contributed by atoms with E-state index in [4.69, 9.17) is 5.14 Å². The molecular weight excluding hydrogens is 456 g/mol. The number of benzene rings is 1. The zero-order valence-electron chi connectivity index (χ0n) is 17.0. The average Bonchev–Trinajstić information content (AvgIpc) is 3.20. The molecule has 0 aliphatic heterocycles. The van der Waals surface area contributed by atoms with Gasteiger partial charge < -0.3 is 5.32 Å². The Hall–Kier alpha value is -2.21. The summed E-state index contributed by atoms with van der Waals surface area (Å²) in [5.41, 5.74) is 1.49. The number of amides is 1. The summed E-state index contributed by atoms with van der Waals surface area (Å²) in [7, 11) is -3.71. The van der Waals surface area contributed by atoms with E-state index in [-0.39, 0.29) is 22.1 Å². The van der Waals surface area contributed by atoms with Crippen molar-refractivity contribution < 1.29 is 13.2 Å². The molecule has 3 rings (SSSR count). The SMILES string of the molecule is CCCCn1c(SCC(=O)NCCc2ccc(S(N)(=O)=O)cc2)nc2ccsc2c1=O. The van der Waals surface area contributed by atoms with Crippen LogP contribution in [-0.2, 0) is 27.8 Å². The van der Waals surface area contributed by atoms with Gasteiger partial charge in [0.15, 0.2) is 5.16 Å². The van der Waals surface area contributed by atoms with E-state index in [0.29, 0.717) is 34.9 Å². The molecule has 31 heavy (non-hydrogen) atoms. The van der Waals surface area contributed by atoms with Gasteiger partial charge in [-0.15, -0.1) is 11.3 Å². The molecule has 0 bridgehead atoms. The van der Waals surface area contributed by atoms with Crippen molar-refractivity contribution >= 4 is 49.2 Å². The Balaban J connectivity index is 1.57.